The molecular formula is C15H20ClN3O3. The van der Waals surface area contributed by atoms with Gasteiger partial charge in [-0.2, -0.15) is 0 Å². The predicted molar refractivity (Wildman–Crippen MR) is 81.0 cm³/mol. The van der Waals surface area contributed by atoms with Gasteiger partial charge in [-0.1, -0.05) is 11.6 Å². The standard InChI is InChI=1S/C15H20ClN3O3/c1-2-22-13(20)8-10-3-4-11(7-10)15(21)19-9-12-14(16)18-6-5-17-12/h5-6,10-11H,2-4,7-9H2,1H3,(H,19,21). The van der Waals surface area contributed by atoms with Gasteiger partial charge in [0.2, 0.25) is 5.91 Å². The number of aromatic nitrogens is 2. The van der Waals surface area contributed by atoms with Gasteiger partial charge in [0.1, 0.15) is 0 Å². The van der Waals surface area contributed by atoms with Crippen LogP contribution in [0.4, 0.5) is 0 Å². The van der Waals surface area contributed by atoms with Crippen LogP contribution < -0.4 is 5.32 Å². The average molecular weight is 326 g/mol. The maximum absolute atomic E-state index is 12.2. The smallest absolute Gasteiger partial charge is 0.306 e. The molecule has 1 heterocycles. The molecule has 0 bridgehead atoms. The molecule has 22 heavy (non-hydrogen) atoms. The Hall–Kier alpha value is -1.69. The van der Waals surface area contributed by atoms with Crippen molar-refractivity contribution in [1.82, 2.24) is 15.3 Å². The van der Waals surface area contributed by atoms with Gasteiger partial charge < -0.3 is 10.1 Å². The second-order valence-corrected chi connectivity index (χ2v) is 5.75. The molecule has 0 radical (unpaired) electrons. The Bertz CT molecular complexity index is 539. The fourth-order valence-electron chi connectivity index (χ4n) is 2.74. The number of hydrogen-bond donors (Lipinski definition) is 1. The largest absolute Gasteiger partial charge is 0.466 e. The number of nitrogens with zero attached hydrogens (tertiary/aromatic N) is 2. The van der Waals surface area contributed by atoms with Gasteiger partial charge in [0, 0.05) is 24.7 Å². The monoisotopic (exact) mass is 325 g/mol. The van der Waals surface area contributed by atoms with Crippen LogP contribution in [0, 0.1) is 11.8 Å². The van der Waals surface area contributed by atoms with Gasteiger partial charge in [0.15, 0.2) is 5.15 Å². The van der Waals surface area contributed by atoms with E-state index in [2.05, 4.69) is 15.3 Å². The zero-order valence-corrected chi connectivity index (χ0v) is 13.3. The maximum atomic E-state index is 12.2. The summed E-state index contributed by atoms with van der Waals surface area (Å²) in [5.41, 5.74) is 0.554. The molecule has 1 aliphatic rings. The van der Waals surface area contributed by atoms with Crippen molar-refractivity contribution in [1.29, 1.82) is 0 Å². The van der Waals surface area contributed by atoms with E-state index in [4.69, 9.17) is 16.3 Å². The van der Waals surface area contributed by atoms with Gasteiger partial charge in [-0.3, -0.25) is 14.6 Å². The minimum absolute atomic E-state index is 0.0203. The van der Waals surface area contributed by atoms with Crippen molar-refractivity contribution >= 4 is 23.5 Å². The van der Waals surface area contributed by atoms with Crippen LogP contribution in [0.3, 0.4) is 0 Å². The highest BCUT2D eigenvalue weighted by molar-refractivity contribution is 6.29. The van der Waals surface area contributed by atoms with Gasteiger partial charge in [-0.25, -0.2) is 4.98 Å². The number of esters is 1. The molecule has 120 valence electrons. The quantitative estimate of drug-likeness (QED) is 0.810. The first kappa shape index (κ1) is 16.7. The highest BCUT2D eigenvalue weighted by atomic mass is 35.5. The Morgan fingerprint density at radius 2 is 2.14 bits per heavy atom. The van der Waals surface area contributed by atoms with E-state index in [1.54, 1.807) is 6.92 Å². The number of amides is 1. The summed E-state index contributed by atoms with van der Waals surface area (Å²) in [7, 11) is 0. The van der Waals surface area contributed by atoms with Gasteiger partial charge >= 0.3 is 5.97 Å². The maximum Gasteiger partial charge on any atom is 0.306 e. The topological polar surface area (TPSA) is 81.2 Å². The summed E-state index contributed by atoms with van der Waals surface area (Å²) in [6, 6.07) is 0. The second-order valence-electron chi connectivity index (χ2n) is 5.40. The zero-order chi connectivity index (χ0) is 15.9. The highest BCUT2D eigenvalue weighted by Crippen LogP contribution is 2.33. The number of halogens is 1. The first-order chi connectivity index (χ1) is 10.6. The van der Waals surface area contributed by atoms with E-state index >= 15 is 0 Å². The lowest BCUT2D eigenvalue weighted by molar-refractivity contribution is -0.144. The van der Waals surface area contributed by atoms with Crippen LogP contribution in [0.5, 0.6) is 0 Å². The van der Waals surface area contributed by atoms with E-state index in [0.717, 1.165) is 19.3 Å². The summed E-state index contributed by atoms with van der Waals surface area (Å²) in [4.78, 5) is 31.6. The first-order valence-corrected chi connectivity index (χ1v) is 7.86. The Labute approximate surface area is 134 Å². The molecule has 0 spiro atoms. The van der Waals surface area contributed by atoms with E-state index < -0.39 is 0 Å². The Morgan fingerprint density at radius 3 is 2.86 bits per heavy atom. The molecule has 1 saturated carbocycles. The molecule has 0 aliphatic heterocycles. The van der Waals surface area contributed by atoms with Crippen LogP contribution in [0.25, 0.3) is 0 Å². The normalized spacial score (nSPS) is 20.6. The van der Waals surface area contributed by atoms with Crippen LogP contribution in [-0.4, -0.2) is 28.5 Å². The molecule has 1 N–H and O–H groups in total. The molecule has 1 aromatic rings. The molecule has 2 rings (SSSR count). The third kappa shape index (κ3) is 4.66. The number of rotatable bonds is 6. The molecule has 1 fully saturated rings. The van der Waals surface area contributed by atoms with Crippen LogP contribution in [0.15, 0.2) is 12.4 Å². The number of ether oxygens (including phenoxy) is 1. The fourth-order valence-corrected chi connectivity index (χ4v) is 2.91. The fraction of sp³-hybridized carbons (Fsp3) is 0.600. The summed E-state index contributed by atoms with van der Waals surface area (Å²) < 4.78 is 4.95. The molecule has 1 aromatic heterocycles. The van der Waals surface area contributed by atoms with Crippen molar-refractivity contribution in [2.75, 3.05) is 6.61 Å². The molecular weight excluding hydrogens is 306 g/mol. The van der Waals surface area contributed by atoms with Crippen molar-refractivity contribution in [2.45, 2.75) is 39.2 Å². The van der Waals surface area contributed by atoms with Crippen molar-refractivity contribution < 1.29 is 14.3 Å². The van der Waals surface area contributed by atoms with E-state index in [9.17, 15) is 9.59 Å². The third-order valence-electron chi connectivity index (χ3n) is 3.83. The molecule has 7 heteroatoms. The lowest BCUT2D eigenvalue weighted by atomic mass is 10.0. The average Bonchev–Trinajstić information content (AvgIpc) is 2.95. The van der Waals surface area contributed by atoms with E-state index in [1.807, 2.05) is 0 Å². The van der Waals surface area contributed by atoms with Crippen LogP contribution >= 0.6 is 11.6 Å². The predicted octanol–water partition coefficient (Wildman–Crippen LogP) is 2.12. The summed E-state index contributed by atoms with van der Waals surface area (Å²) >= 11 is 5.90. The van der Waals surface area contributed by atoms with E-state index in [-0.39, 0.29) is 30.3 Å². The van der Waals surface area contributed by atoms with Gasteiger partial charge in [-0.15, -0.1) is 0 Å². The Kier molecular flexibility index (Phi) is 6.12. The molecule has 2 atom stereocenters. The molecule has 6 nitrogen and oxygen atoms in total. The zero-order valence-electron chi connectivity index (χ0n) is 12.5. The van der Waals surface area contributed by atoms with Crippen molar-refractivity contribution in [3.8, 4) is 0 Å². The number of hydrogen-bond acceptors (Lipinski definition) is 5. The van der Waals surface area contributed by atoms with Crippen LogP contribution in [0.1, 0.15) is 38.3 Å². The highest BCUT2D eigenvalue weighted by Gasteiger charge is 2.31. The van der Waals surface area contributed by atoms with Gasteiger partial charge in [0.05, 0.1) is 18.8 Å². The third-order valence-corrected chi connectivity index (χ3v) is 4.14. The minimum Gasteiger partial charge on any atom is -0.466 e. The van der Waals surface area contributed by atoms with E-state index in [1.165, 1.54) is 12.4 Å². The number of nitrogens with one attached hydrogen (secondary N) is 1. The van der Waals surface area contributed by atoms with Gasteiger partial charge in [-0.05, 0) is 32.1 Å². The lowest BCUT2D eigenvalue weighted by Crippen LogP contribution is -2.29. The first-order valence-electron chi connectivity index (χ1n) is 7.48. The molecule has 1 amide bonds. The summed E-state index contributed by atoms with van der Waals surface area (Å²) in [6.07, 6.45) is 5.84. The molecule has 0 aromatic carbocycles. The van der Waals surface area contributed by atoms with Crippen LogP contribution in [0.2, 0.25) is 5.15 Å². The SMILES string of the molecule is CCOC(=O)CC1CCC(C(=O)NCc2nccnc2Cl)C1. The van der Waals surface area contributed by atoms with E-state index in [0.29, 0.717) is 23.9 Å². The summed E-state index contributed by atoms with van der Waals surface area (Å²) in [5.74, 6) is -0.0299. The summed E-state index contributed by atoms with van der Waals surface area (Å²) in [6.45, 7) is 2.46. The summed E-state index contributed by atoms with van der Waals surface area (Å²) in [5, 5.41) is 3.14. The molecule has 1 aliphatic carbocycles. The van der Waals surface area contributed by atoms with Crippen LogP contribution in [-0.2, 0) is 20.9 Å². The minimum atomic E-state index is -0.181. The molecule has 0 saturated heterocycles. The lowest BCUT2D eigenvalue weighted by Gasteiger charge is -2.12. The van der Waals surface area contributed by atoms with Crippen molar-refractivity contribution in [3.63, 3.8) is 0 Å². The Balaban J connectivity index is 1.77. The van der Waals surface area contributed by atoms with Gasteiger partial charge in [0.25, 0.3) is 0 Å². The number of carbonyl (C=O) groups excluding carboxylic acids is 2. The Morgan fingerprint density at radius 1 is 1.36 bits per heavy atom. The molecule has 2 unspecified atom stereocenters. The van der Waals surface area contributed by atoms with Crippen molar-refractivity contribution in [2.24, 2.45) is 11.8 Å². The number of carbonyl (C=O) groups is 2. The second kappa shape index (κ2) is 8.08. The van der Waals surface area contributed by atoms with Crippen molar-refractivity contribution in [3.05, 3.63) is 23.2 Å².